The van der Waals surface area contributed by atoms with E-state index >= 15 is 0 Å². The van der Waals surface area contributed by atoms with Gasteiger partial charge in [-0.05, 0) is 43.3 Å². The van der Waals surface area contributed by atoms with Gasteiger partial charge in [0.05, 0.1) is 29.0 Å². The van der Waals surface area contributed by atoms with E-state index in [1.54, 1.807) is 32.4 Å². The lowest BCUT2D eigenvalue weighted by Gasteiger charge is -2.18. The number of rotatable bonds is 5. The Morgan fingerprint density at radius 2 is 1.82 bits per heavy atom. The number of hydrogen-bond donors (Lipinski definition) is 1. The molecular weight excluding hydrogens is 548 g/mol. The van der Waals surface area contributed by atoms with Crippen molar-refractivity contribution in [1.82, 2.24) is 14.0 Å². The number of nitrogens with zero attached hydrogens (tertiary/aromatic N) is 5. The van der Waals surface area contributed by atoms with Crippen molar-refractivity contribution in [3.05, 3.63) is 110 Å². The van der Waals surface area contributed by atoms with Gasteiger partial charge in [0.2, 0.25) is 4.80 Å². The smallest absolute Gasteiger partial charge is 0.297 e. The van der Waals surface area contributed by atoms with Crippen LogP contribution in [0.25, 0.3) is 16.9 Å². The monoisotopic (exact) mass is 570 g/mol. The van der Waals surface area contributed by atoms with Crippen molar-refractivity contribution in [2.75, 3.05) is 11.9 Å². The Kier molecular flexibility index (Phi) is 6.71. The maximum Gasteiger partial charge on any atom is 0.297 e. The van der Waals surface area contributed by atoms with Crippen molar-refractivity contribution in [3.8, 4) is 22.7 Å². The Morgan fingerprint density at radius 1 is 1.05 bits per heavy atom. The number of para-hydroxylation sites is 1. The van der Waals surface area contributed by atoms with Crippen LogP contribution in [0, 0.1) is 6.92 Å². The Bertz CT molecular complexity index is 1920. The fraction of sp³-hybridized carbons (Fsp3) is 0.103. The molecule has 40 heavy (non-hydrogen) atoms. The van der Waals surface area contributed by atoms with Gasteiger partial charge >= 0.3 is 0 Å². The van der Waals surface area contributed by atoms with E-state index in [1.165, 1.54) is 11.3 Å². The number of carbonyl (C=O) groups is 1. The minimum Gasteiger partial charge on any atom is -0.482 e. The van der Waals surface area contributed by atoms with Crippen LogP contribution in [0.15, 0.2) is 93.1 Å². The standard InChI is InChI=1S/C29H23ClN6O3S/c1-18-27(28(38)36(34(18)2)21-9-4-3-5-10-21)33-29-35(31-15-20-8-6-7-11-22(20)30)24(17-40-29)19-12-13-25-23(14-19)32-26(37)16-39-25/h3-15,17H,16H2,1-2H3,(H,32,37). The van der Waals surface area contributed by atoms with Crippen LogP contribution in [0.2, 0.25) is 5.02 Å². The molecule has 0 unspecified atom stereocenters. The predicted molar refractivity (Wildman–Crippen MR) is 157 cm³/mol. The molecule has 2 aromatic heterocycles. The molecule has 11 heteroatoms. The molecular formula is C29H23ClN6O3S. The van der Waals surface area contributed by atoms with Crippen molar-refractivity contribution in [3.63, 3.8) is 0 Å². The number of halogens is 1. The molecule has 0 saturated heterocycles. The number of ether oxygens (including phenoxy) is 1. The lowest BCUT2D eigenvalue weighted by molar-refractivity contribution is -0.118. The Labute approximate surface area is 237 Å². The zero-order valence-corrected chi connectivity index (χ0v) is 23.1. The van der Waals surface area contributed by atoms with E-state index in [9.17, 15) is 9.59 Å². The third kappa shape index (κ3) is 4.67. The third-order valence-corrected chi connectivity index (χ3v) is 7.70. The summed E-state index contributed by atoms with van der Waals surface area (Å²) in [5.41, 5.74) is 4.33. The molecule has 1 amide bonds. The minimum atomic E-state index is -0.239. The predicted octanol–water partition coefficient (Wildman–Crippen LogP) is 5.11. The summed E-state index contributed by atoms with van der Waals surface area (Å²) in [6, 6.07) is 22.3. The van der Waals surface area contributed by atoms with Gasteiger partial charge in [-0.2, -0.15) is 5.10 Å². The number of aromatic nitrogens is 3. The van der Waals surface area contributed by atoms with Crippen LogP contribution in [-0.4, -0.2) is 32.8 Å². The number of carbonyl (C=O) groups excluding carboxylic acids is 1. The quantitative estimate of drug-likeness (QED) is 0.297. The molecule has 200 valence electrons. The highest BCUT2D eigenvalue weighted by Gasteiger charge is 2.19. The maximum absolute atomic E-state index is 13.6. The molecule has 1 N–H and O–H groups in total. The number of benzene rings is 3. The second-order valence-electron chi connectivity index (χ2n) is 9.05. The van der Waals surface area contributed by atoms with E-state index in [0.717, 1.165) is 16.8 Å². The van der Waals surface area contributed by atoms with Gasteiger partial charge < -0.3 is 10.1 Å². The van der Waals surface area contributed by atoms with Crippen LogP contribution in [0.5, 0.6) is 5.75 Å². The van der Waals surface area contributed by atoms with Gasteiger partial charge in [0, 0.05) is 28.6 Å². The first-order chi connectivity index (χ1) is 19.4. The minimum absolute atomic E-state index is 0.0209. The van der Waals surface area contributed by atoms with Gasteiger partial charge in [0.1, 0.15) is 5.75 Å². The Balaban J connectivity index is 1.53. The number of fused-ring (bicyclic) bond motifs is 1. The number of nitrogens with one attached hydrogen (secondary N) is 1. The van der Waals surface area contributed by atoms with Crippen molar-refractivity contribution < 1.29 is 9.53 Å². The fourth-order valence-corrected chi connectivity index (χ4v) is 5.43. The van der Waals surface area contributed by atoms with E-state index in [0.29, 0.717) is 38.3 Å². The summed E-state index contributed by atoms with van der Waals surface area (Å²) in [7, 11) is 1.83. The Morgan fingerprint density at radius 3 is 2.62 bits per heavy atom. The lowest BCUT2D eigenvalue weighted by Crippen LogP contribution is -2.25. The number of amides is 1. The van der Waals surface area contributed by atoms with Gasteiger partial charge in [-0.15, -0.1) is 11.3 Å². The van der Waals surface area contributed by atoms with E-state index in [2.05, 4.69) is 5.32 Å². The average molecular weight is 571 g/mol. The summed E-state index contributed by atoms with van der Waals surface area (Å²) in [5.74, 6) is 0.375. The number of anilines is 1. The van der Waals surface area contributed by atoms with E-state index in [1.807, 2.05) is 80.0 Å². The van der Waals surface area contributed by atoms with Crippen LogP contribution >= 0.6 is 22.9 Å². The van der Waals surface area contributed by atoms with Crippen molar-refractivity contribution >= 4 is 46.4 Å². The van der Waals surface area contributed by atoms with E-state index < -0.39 is 0 Å². The largest absolute Gasteiger partial charge is 0.482 e. The second kappa shape index (κ2) is 10.5. The molecule has 1 aliphatic rings. The first-order valence-corrected chi connectivity index (χ1v) is 13.6. The van der Waals surface area contributed by atoms with Gasteiger partial charge in [-0.1, -0.05) is 48.0 Å². The highest BCUT2D eigenvalue weighted by atomic mass is 35.5. The van der Waals surface area contributed by atoms with E-state index in [4.69, 9.17) is 26.4 Å². The average Bonchev–Trinajstić information content (AvgIpc) is 3.46. The summed E-state index contributed by atoms with van der Waals surface area (Å²) in [6.07, 6.45) is 1.65. The van der Waals surface area contributed by atoms with Crippen LogP contribution in [0.1, 0.15) is 11.3 Å². The van der Waals surface area contributed by atoms with Crippen LogP contribution in [0.3, 0.4) is 0 Å². The molecule has 0 bridgehead atoms. The molecule has 6 rings (SSSR count). The number of hydrogen-bond acceptors (Lipinski definition) is 6. The number of thiazole rings is 1. The van der Waals surface area contributed by atoms with Crippen molar-refractivity contribution in [2.24, 2.45) is 17.1 Å². The highest BCUT2D eigenvalue weighted by Crippen LogP contribution is 2.33. The molecule has 3 aromatic carbocycles. The van der Waals surface area contributed by atoms with Gasteiger partial charge in [0.25, 0.3) is 11.5 Å². The molecule has 9 nitrogen and oxygen atoms in total. The molecule has 0 spiro atoms. The first-order valence-electron chi connectivity index (χ1n) is 12.4. The molecule has 0 fully saturated rings. The van der Waals surface area contributed by atoms with Gasteiger partial charge in [-0.3, -0.25) is 14.3 Å². The normalized spacial score (nSPS) is 13.4. The summed E-state index contributed by atoms with van der Waals surface area (Å²) in [5, 5.41) is 10.0. The van der Waals surface area contributed by atoms with E-state index in [-0.39, 0.29) is 18.1 Å². The summed E-state index contributed by atoms with van der Waals surface area (Å²) >= 11 is 7.73. The lowest BCUT2D eigenvalue weighted by atomic mass is 10.1. The zero-order chi connectivity index (χ0) is 27.8. The topological polar surface area (TPSA) is 94.9 Å². The van der Waals surface area contributed by atoms with Crippen molar-refractivity contribution in [2.45, 2.75) is 6.92 Å². The van der Waals surface area contributed by atoms with Gasteiger partial charge in [-0.25, -0.2) is 14.4 Å². The highest BCUT2D eigenvalue weighted by molar-refractivity contribution is 7.07. The molecule has 1 aliphatic heterocycles. The summed E-state index contributed by atoms with van der Waals surface area (Å²) in [4.78, 5) is 30.8. The van der Waals surface area contributed by atoms with Crippen LogP contribution < -0.4 is 20.4 Å². The fourth-order valence-electron chi connectivity index (χ4n) is 4.41. The zero-order valence-electron chi connectivity index (χ0n) is 21.5. The molecule has 0 saturated carbocycles. The van der Waals surface area contributed by atoms with Crippen molar-refractivity contribution in [1.29, 1.82) is 0 Å². The second-order valence-corrected chi connectivity index (χ2v) is 10.3. The summed E-state index contributed by atoms with van der Waals surface area (Å²) in [6.45, 7) is 1.84. The molecule has 0 radical (unpaired) electrons. The Hall–Kier alpha value is -4.67. The van der Waals surface area contributed by atoms with Gasteiger partial charge in [0.15, 0.2) is 12.3 Å². The molecule has 5 aromatic rings. The molecule has 3 heterocycles. The van der Waals surface area contributed by atoms with Crippen LogP contribution in [-0.2, 0) is 11.8 Å². The van der Waals surface area contributed by atoms with Crippen LogP contribution in [0.4, 0.5) is 11.4 Å². The molecule has 0 aliphatic carbocycles. The molecule has 0 atom stereocenters. The first kappa shape index (κ1) is 25.6. The maximum atomic E-state index is 13.6. The SMILES string of the molecule is Cc1c(N=c2scc(-c3ccc4c(c3)NC(=O)CO4)n2N=Cc2ccccc2Cl)c(=O)n(-c2ccccc2)n1C. The summed E-state index contributed by atoms with van der Waals surface area (Å²) < 4.78 is 10.6. The third-order valence-electron chi connectivity index (χ3n) is 6.54.